The van der Waals surface area contributed by atoms with E-state index in [2.05, 4.69) is 10.5 Å². The van der Waals surface area contributed by atoms with Gasteiger partial charge in [-0.3, -0.25) is 4.79 Å². The second-order valence-electron chi connectivity index (χ2n) is 6.45. The van der Waals surface area contributed by atoms with Crippen LogP contribution in [0, 0.1) is 0 Å². The number of carbonyl (C=O) groups excluding carboxylic acids is 1. The lowest BCUT2D eigenvalue weighted by molar-refractivity contribution is 0.0955. The third-order valence-corrected chi connectivity index (χ3v) is 4.96. The summed E-state index contributed by atoms with van der Waals surface area (Å²) in [4.78, 5) is 12.1. The Kier molecular flexibility index (Phi) is 7.76. The fraction of sp³-hybridized carbons (Fsp3) is 0.130. The fourth-order valence-electron chi connectivity index (χ4n) is 2.68. The van der Waals surface area contributed by atoms with Crippen molar-refractivity contribution in [3.8, 4) is 11.5 Å². The van der Waals surface area contributed by atoms with Crippen molar-refractivity contribution >= 4 is 41.0 Å². The standard InChI is InChI=1S/C23H21Cl2N3O3/c1-2-30-22-12-15(13-27-28-23(29)16-7-9-17(26)10-8-16)6-11-21(22)31-14-18-19(24)4-3-5-20(18)25/h3-13H,2,14,26H2,1H3,(H,28,29)/b27-13-. The Balaban J connectivity index is 1.68. The molecule has 3 aromatic rings. The van der Waals surface area contributed by atoms with Crippen molar-refractivity contribution in [2.75, 3.05) is 12.3 Å². The molecule has 0 aliphatic heterocycles. The van der Waals surface area contributed by atoms with Gasteiger partial charge in [0, 0.05) is 26.9 Å². The van der Waals surface area contributed by atoms with Crippen LogP contribution in [0.15, 0.2) is 65.8 Å². The molecular weight excluding hydrogens is 437 g/mol. The highest BCUT2D eigenvalue weighted by molar-refractivity contribution is 6.35. The molecule has 0 aromatic heterocycles. The average molecular weight is 458 g/mol. The first-order chi connectivity index (χ1) is 15.0. The highest BCUT2D eigenvalue weighted by atomic mass is 35.5. The molecule has 0 saturated carbocycles. The number of carbonyl (C=O) groups is 1. The minimum Gasteiger partial charge on any atom is -0.490 e. The van der Waals surface area contributed by atoms with E-state index in [1.165, 1.54) is 6.21 Å². The molecule has 6 nitrogen and oxygen atoms in total. The van der Waals surface area contributed by atoms with E-state index in [1.807, 2.05) is 6.92 Å². The zero-order valence-electron chi connectivity index (χ0n) is 16.8. The molecule has 0 aliphatic carbocycles. The van der Waals surface area contributed by atoms with Crippen molar-refractivity contribution in [1.82, 2.24) is 5.43 Å². The van der Waals surface area contributed by atoms with Gasteiger partial charge in [0.15, 0.2) is 11.5 Å². The molecule has 8 heteroatoms. The van der Waals surface area contributed by atoms with E-state index in [9.17, 15) is 4.79 Å². The maximum absolute atomic E-state index is 12.1. The number of nitrogen functional groups attached to an aromatic ring is 1. The number of rotatable bonds is 8. The zero-order chi connectivity index (χ0) is 22.2. The van der Waals surface area contributed by atoms with E-state index in [4.69, 9.17) is 38.4 Å². The fourth-order valence-corrected chi connectivity index (χ4v) is 3.18. The van der Waals surface area contributed by atoms with Crippen LogP contribution in [-0.2, 0) is 6.61 Å². The summed E-state index contributed by atoms with van der Waals surface area (Å²) in [5.74, 6) is 0.748. The Morgan fingerprint density at radius 2 is 1.74 bits per heavy atom. The number of anilines is 1. The first kappa shape index (κ1) is 22.5. The lowest BCUT2D eigenvalue weighted by atomic mass is 10.2. The van der Waals surface area contributed by atoms with Gasteiger partial charge in [-0.1, -0.05) is 29.3 Å². The Morgan fingerprint density at radius 3 is 2.42 bits per heavy atom. The molecule has 0 unspecified atom stereocenters. The summed E-state index contributed by atoms with van der Waals surface area (Å²) >= 11 is 12.4. The highest BCUT2D eigenvalue weighted by Crippen LogP contribution is 2.31. The molecule has 31 heavy (non-hydrogen) atoms. The van der Waals surface area contributed by atoms with Gasteiger partial charge in [-0.15, -0.1) is 0 Å². The van der Waals surface area contributed by atoms with Crippen molar-refractivity contribution in [2.45, 2.75) is 13.5 Å². The molecule has 0 saturated heterocycles. The summed E-state index contributed by atoms with van der Waals surface area (Å²) < 4.78 is 11.6. The third kappa shape index (κ3) is 6.13. The molecule has 0 radical (unpaired) electrons. The minimum absolute atomic E-state index is 0.198. The third-order valence-electron chi connectivity index (χ3n) is 4.25. The van der Waals surface area contributed by atoms with Crippen LogP contribution in [0.1, 0.15) is 28.4 Å². The summed E-state index contributed by atoms with van der Waals surface area (Å²) in [5.41, 5.74) is 10.6. The number of amides is 1. The van der Waals surface area contributed by atoms with Crippen LogP contribution in [-0.4, -0.2) is 18.7 Å². The highest BCUT2D eigenvalue weighted by Gasteiger charge is 2.10. The molecule has 0 fully saturated rings. The number of nitrogens with two attached hydrogens (primary N) is 1. The summed E-state index contributed by atoms with van der Waals surface area (Å²) in [6.07, 6.45) is 1.52. The summed E-state index contributed by atoms with van der Waals surface area (Å²) in [7, 11) is 0. The van der Waals surface area contributed by atoms with Crippen LogP contribution in [0.25, 0.3) is 0 Å². The topological polar surface area (TPSA) is 85.9 Å². The van der Waals surface area contributed by atoms with Crippen LogP contribution < -0.4 is 20.6 Å². The SMILES string of the molecule is CCOc1cc(/C=N\NC(=O)c2ccc(N)cc2)ccc1OCc1c(Cl)cccc1Cl. The second-order valence-corrected chi connectivity index (χ2v) is 7.26. The second kappa shape index (κ2) is 10.7. The molecule has 3 rings (SSSR count). The van der Waals surface area contributed by atoms with Crippen molar-refractivity contribution in [3.05, 3.63) is 87.4 Å². The first-order valence-electron chi connectivity index (χ1n) is 9.49. The van der Waals surface area contributed by atoms with Crippen molar-refractivity contribution in [2.24, 2.45) is 5.10 Å². The number of hydrogen-bond acceptors (Lipinski definition) is 5. The molecule has 0 heterocycles. The van der Waals surface area contributed by atoms with Crippen LogP contribution in [0.3, 0.4) is 0 Å². The predicted molar refractivity (Wildman–Crippen MR) is 124 cm³/mol. The largest absolute Gasteiger partial charge is 0.490 e. The Hall–Kier alpha value is -3.22. The molecular formula is C23H21Cl2N3O3. The quantitative estimate of drug-likeness (QED) is 0.272. The van der Waals surface area contributed by atoms with Crippen LogP contribution in [0.4, 0.5) is 5.69 Å². The van der Waals surface area contributed by atoms with Gasteiger partial charge < -0.3 is 15.2 Å². The number of benzene rings is 3. The van der Waals surface area contributed by atoms with E-state index in [0.29, 0.717) is 45.0 Å². The van der Waals surface area contributed by atoms with Crippen molar-refractivity contribution in [3.63, 3.8) is 0 Å². The van der Waals surface area contributed by atoms with E-state index >= 15 is 0 Å². The molecule has 0 aliphatic rings. The van der Waals surface area contributed by atoms with Gasteiger partial charge >= 0.3 is 0 Å². The average Bonchev–Trinajstić information content (AvgIpc) is 2.75. The number of nitrogens with zero attached hydrogens (tertiary/aromatic N) is 1. The van der Waals surface area contributed by atoms with Gasteiger partial charge in [0.05, 0.1) is 12.8 Å². The summed E-state index contributed by atoms with van der Waals surface area (Å²) in [6, 6.07) is 17.2. The van der Waals surface area contributed by atoms with Crippen LogP contribution in [0.2, 0.25) is 10.0 Å². The van der Waals surface area contributed by atoms with Crippen LogP contribution >= 0.6 is 23.2 Å². The normalized spacial score (nSPS) is 10.8. The molecule has 160 valence electrons. The van der Waals surface area contributed by atoms with Gasteiger partial charge in [-0.2, -0.15) is 5.10 Å². The maximum Gasteiger partial charge on any atom is 0.271 e. The van der Waals surface area contributed by atoms with Gasteiger partial charge in [0.25, 0.3) is 5.91 Å². The maximum atomic E-state index is 12.1. The molecule has 0 spiro atoms. The predicted octanol–water partition coefficient (Wildman–Crippen LogP) is 5.32. The van der Waals surface area contributed by atoms with Gasteiger partial charge in [0.2, 0.25) is 0 Å². The van der Waals surface area contributed by atoms with Crippen molar-refractivity contribution < 1.29 is 14.3 Å². The van der Waals surface area contributed by atoms with E-state index in [1.54, 1.807) is 60.7 Å². The van der Waals surface area contributed by atoms with E-state index < -0.39 is 0 Å². The number of ether oxygens (including phenoxy) is 2. The number of hydrogen-bond donors (Lipinski definition) is 2. The Morgan fingerprint density at radius 1 is 1.03 bits per heavy atom. The van der Waals surface area contributed by atoms with Crippen LogP contribution in [0.5, 0.6) is 11.5 Å². The summed E-state index contributed by atoms with van der Waals surface area (Å²) in [5, 5.41) is 5.07. The summed E-state index contributed by atoms with van der Waals surface area (Å²) in [6.45, 7) is 2.53. The smallest absolute Gasteiger partial charge is 0.271 e. The van der Waals surface area contributed by atoms with Gasteiger partial charge in [-0.25, -0.2) is 5.43 Å². The van der Waals surface area contributed by atoms with Gasteiger partial charge in [-0.05, 0) is 67.1 Å². The first-order valence-corrected chi connectivity index (χ1v) is 10.2. The van der Waals surface area contributed by atoms with Gasteiger partial charge in [0.1, 0.15) is 6.61 Å². The molecule has 3 aromatic carbocycles. The lowest BCUT2D eigenvalue weighted by Gasteiger charge is -2.14. The zero-order valence-corrected chi connectivity index (χ0v) is 18.3. The van der Waals surface area contributed by atoms with E-state index in [-0.39, 0.29) is 12.5 Å². The molecule has 1 amide bonds. The Bertz CT molecular complexity index is 1070. The number of hydrazone groups is 1. The number of halogens is 2. The monoisotopic (exact) mass is 457 g/mol. The molecule has 0 bridgehead atoms. The molecule has 0 atom stereocenters. The Labute approximate surface area is 190 Å². The van der Waals surface area contributed by atoms with E-state index in [0.717, 1.165) is 5.56 Å². The molecule has 3 N–H and O–H groups in total. The number of nitrogens with one attached hydrogen (secondary N) is 1. The van der Waals surface area contributed by atoms with Crippen molar-refractivity contribution in [1.29, 1.82) is 0 Å². The minimum atomic E-state index is -0.335. The lowest BCUT2D eigenvalue weighted by Crippen LogP contribution is -2.17.